The summed E-state index contributed by atoms with van der Waals surface area (Å²) in [4.78, 5) is 12.2. The summed E-state index contributed by atoms with van der Waals surface area (Å²) < 4.78 is 27.0. The predicted octanol–water partition coefficient (Wildman–Crippen LogP) is 3.06. The van der Waals surface area contributed by atoms with Crippen LogP contribution in [0.25, 0.3) is 5.57 Å². The van der Waals surface area contributed by atoms with Crippen molar-refractivity contribution in [3.8, 4) is 18.1 Å². The fourth-order valence-corrected chi connectivity index (χ4v) is 3.35. The van der Waals surface area contributed by atoms with Crippen molar-refractivity contribution in [2.75, 3.05) is 0 Å². The summed E-state index contributed by atoms with van der Waals surface area (Å²) in [5, 5.41) is 9.16. The minimum Gasteiger partial charge on any atom is -0.503 e. The molecular formula is C16H12F2O2. The molecule has 0 aliphatic heterocycles. The number of hydrogen-bond donors (Lipinski definition) is 1. The molecule has 0 aromatic heterocycles. The van der Waals surface area contributed by atoms with E-state index in [1.165, 1.54) is 0 Å². The Morgan fingerprint density at radius 2 is 1.80 bits per heavy atom. The third kappa shape index (κ3) is 1.66. The zero-order valence-corrected chi connectivity index (χ0v) is 10.6. The molecule has 1 fully saturated rings. The summed E-state index contributed by atoms with van der Waals surface area (Å²) in [6.07, 6.45) is 7.86. The molecule has 1 aromatic carbocycles. The lowest BCUT2D eigenvalue weighted by Crippen LogP contribution is -2.11. The van der Waals surface area contributed by atoms with E-state index in [-0.39, 0.29) is 28.8 Å². The fraction of sp³-hybridized carbons (Fsp3) is 0.312. The van der Waals surface area contributed by atoms with E-state index < -0.39 is 17.4 Å². The lowest BCUT2D eigenvalue weighted by molar-refractivity contribution is -0.118. The van der Waals surface area contributed by atoms with Gasteiger partial charge in [-0.2, -0.15) is 0 Å². The molecule has 1 N–H and O–H groups in total. The average molecular weight is 274 g/mol. The van der Waals surface area contributed by atoms with E-state index in [2.05, 4.69) is 5.92 Å². The Hall–Kier alpha value is -2.15. The van der Waals surface area contributed by atoms with Crippen molar-refractivity contribution < 1.29 is 18.7 Å². The monoisotopic (exact) mass is 274 g/mol. The van der Waals surface area contributed by atoms with Crippen molar-refractivity contribution in [3.63, 3.8) is 0 Å². The molecule has 3 rings (SSSR count). The zero-order chi connectivity index (χ0) is 14.4. The van der Waals surface area contributed by atoms with Crippen molar-refractivity contribution in [3.05, 3.63) is 34.9 Å². The first-order chi connectivity index (χ1) is 9.54. The molecule has 0 heterocycles. The highest BCUT2D eigenvalue weighted by Crippen LogP contribution is 2.49. The molecule has 2 aliphatic carbocycles. The van der Waals surface area contributed by atoms with Gasteiger partial charge in [0, 0.05) is 5.92 Å². The van der Waals surface area contributed by atoms with E-state index in [1.54, 1.807) is 0 Å². The highest BCUT2D eigenvalue weighted by atomic mass is 19.1. The van der Waals surface area contributed by atoms with Crippen LogP contribution < -0.4 is 0 Å². The molecule has 1 aromatic rings. The van der Waals surface area contributed by atoms with Gasteiger partial charge in [0.15, 0.2) is 23.2 Å². The van der Waals surface area contributed by atoms with Gasteiger partial charge < -0.3 is 5.11 Å². The van der Waals surface area contributed by atoms with Gasteiger partial charge in [-0.1, -0.05) is 12.3 Å². The Morgan fingerprint density at radius 3 is 2.40 bits per heavy atom. The number of carbonyl (C=O) groups is 1. The van der Waals surface area contributed by atoms with Crippen molar-refractivity contribution in [1.82, 2.24) is 0 Å². The van der Waals surface area contributed by atoms with Gasteiger partial charge in [-0.3, -0.25) is 4.79 Å². The summed E-state index contributed by atoms with van der Waals surface area (Å²) in [6, 6.07) is 2.08. The summed E-state index contributed by atoms with van der Waals surface area (Å²) in [5.41, 5.74) is 1.04. The van der Waals surface area contributed by atoms with Crippen LogP contribution in [0.4, 0.5) is 8.78 Å². The Bertz CT molecular complexity index is 659. The number of rotatable bonds is 1. The summed E-state index contributed by atoms with van der Waals surface area (Å²) >= 11 is 0. The Labute approximate surface area is 115 Å². The van der Waals surface area contributed by atoms with Gasteiger partial charge in [-0.15, -0.1) is 6.42 Å². The highest BCUT2D eigenvalue weighted by Gasteiger charge is 2.44. The molecule has 20 heavy (non-hydrogen) atoms. The molecule has 0 spiro atoms. The number of allylic oxidation sites excluding steroid dienone is 2. The van der Waals surface area contributed by atoms with Crippen molar-refractivity contribution in [2.24, 2.45) is 11.8 Å². The van der Waals surface area contributed by atoms with Crippen molar-refractivity contribution in [1.29, 1.82) is 0 Å². The molecule has 2 nitrogen and oxygen atoms in total. The van der Waals surface area contributed by atoms with E-state index in [1.807, 2.05) is 0 Å². The van der Waals surface area contributed by atoms with E-state index >= 15 is 0 Å². The number of aromatic hydroxyl groups is 1. The topological polar surface area (TPSA) is 37.3 Å². The lowest BCUT2D eigenvalue weighted by Gasteiger charge is -2.14. The Kier molecular flexibility index (Phi) is 2.86. The molecule has 0 amide bonds. The summed E-state index contributed by atoms with van der Waals surface area (Å²) in [7, 11) is 0. The van der Waals surface area contributed by atoms with E-state index in [9.17, 15) is 13.6 Å². The maximum atomic E-state index is 13.5. The number of carbonyl (C=O) groups excluding carboxylic acids is 1. The largest absolute Gasteiger partial charge is 0.503 e. The third-order valence-electron chi connectivity index (χ3n) is 4.21. The maximum Gasteiger partial charge on any atom is 0.187 e. The number of benzene rings is 1. The molecule has 2 aliphatic rings. The molecule has 1 saturated carbocycles. The van der Waals surface area contributed by atoms with Gasteiger partial charge in [0.05, 0.1) is 5.57 Å². The SMILES string of the molecule is C#CC1=C(c2cc(F)c(O)c(F)c2)C2CCCC2C1=O. The number of Topliss-reactive ketones (excluding diaryl/α,β-unsaturated/α-hetero) is 1. The zero-order valence-electron chi connectivity index (χ0n) is 10.6. The van der Waals surface area contributed by atoms with E-state index in [0.717, 1.165) is 31.4 Å². The molecular weight excluding hydrogens is 262 g/mol. The number of phenols is 1. The van der Waals surface area contributed by atoms with Crippen LogP contribution in [-0.4, -0.2) is 10.9 Å². The lowest BCUT2D eigenvalue weighted by atomic mass is 9.90. The number of phenolic OH excluding ortho intramolecular Hbond substituents is 1. The van der Waals surface area contributed by atoms with Gasteiger partial charge in [0.2, 0.25) is 0 Å². The number of terminal acetylenes is 1. The second-order valence-electron chi connectivity index (χ2n) is 5.23. The van der Waals surface area contributed by atoms with E-state index in [0.29, 0.717) is 5.57 Å². The van der Waals surface area contributed by atoms with Crippen molar-refractivity contribution >= 4 is 11.4 Å². The Balaban J connectivity index is 2.19. The number of fused-ring (bicyclic) bond motifs is 1. The van der Waals surface area contributed by atoms with Crippen LogP contribution in [0.15, 0.2) is 17.7 Å². The number of hydrogen-bond acceptors (Lipinski definition) is 2. The number of ketones is 1. The first-order valence-electron chi connectivity index (χ1n) is 6.48. The van der Waals surface area contributed by atoms with Crippen LogP contribution >= 0.6 is 0 Å². The summed E-state index contributed by atoms with van der Waals surface area (Å²) in [5.74, 6) is -1.04. The van der Waals surface area contributed by atoms with Crippen LogP contribution in [0.2, 0.25) is 0 Å². The van der Waals surface area contributed by atoms with Crippen LogP contribution in [0.5, 0.6) is 5.75 Å². The molecule has 102 valence electrons. The minimum atomic E-state index is -1.04. The fourth-order valence-electron chi connectivity index (χ4n) is 3.35. The van der Waals surface area contributed by atoms with Crippen LogP contribution in [-0.2, 0) is 4.79 Å². The van der Waals surface area contributed by atoms with Gasteiger partial charge >= 0.3 is 0 Å². The van der Waals surface area contributed by atoms with Crippen LogP contribution in [0.3, 0.4) is 0 Å². The van der Waals surface area contributed by atoms with Gasteiger partial charge in [-0.25, -0.2) is 8.78 Å². The average Bonchev–Trinajstić information content (AvgIpc) is 2.97. The van der Waals surface area contributed by atoms with Crippen LogP contribution in [0, 0.1) is 35.8 Å². The van der Waals surface area contributed by atoms with Crippen molar-refractivity contribution in [2.45, 2.75) is 19.3 Å². The number of halogens is 2. The molecule has 0 bridgehead atoms. The molecule has 2 unspecified atom stereocenters. The molecule has 0 radical (unpaired) electrons. The van der Waals surface area contributed by atoms with Gasteiger partial charge in [0.25, 0.3) is 0 Å². The maximum absolute atomic E-state index is 13.5. The smallest absolute Gasteiger partial charge is 0.187 e. The normalized spacial score (nSPS) is 24.9. The highest BCUT2D eigenvalue weighted by molar-refractivity contribution is 6.13. The second kappa shape index (κ2) is 4.45. The predicted molar refractivity (Wildman–Crippen MR) is 69.6 cm³/mol. The summed E-state index contributed by atoms with van der Waals surface area (Å²) in [6.45, 7) is 0. The molecule has 4 heteroatoms. The second-order valence-corrected chi connectivity index (χ2v) is 5.23. The first-order valence-corrected chi connectivity index (χ1v) is 6.48. The quantitative estimate of drug-likeness (QED) is 0.799. The minimum absolute atomic E-state index is 0.0584. The molecule has 0 saturated heterocycles. The third-order valence-corrected chi connectivity index (χ3v) is 4.21. The Morgan fingerprint density at radius 1 is 1.20 bits per heavy atom. The first kappa shape index (κ1) is 12.9. The standard InChI is InChI=1S/C16H12F2O2/c1-2-9-14(10-4-3-5-11(10)15(9)19)8-6-12(17)16(20)13(18)7-8/h1,6-7,10-11,20H,3-5H2. The van der Waals surface area contributed by atoms with Gasteiger partial charge in [-0.05, 0) is 42.0 Å². The van der Waals surface area contributed by atoms with Crippen LogP contribution in [0.1, 0.15) is 24.8 Å². The van der Waals surface area contributed by atoms with E-state index in [4.69, 9.17) is 11.5 Å². The molecule has 2 atom stereocenters. The van der Waals surface area contributed by atoms with Gasteiger partial charge in [0.1, 0.15) is 0 Å².